The summed E-state index contributed by atoms with van der Waals surface area (Å²) < 4.78 is 0. The van der Waals surface area contributed by atoms with Crippen LogP contribution in [0, 0.1) is 0 Å². The van der Waals surface area contributed by atoms with E-state index in [1.54, 1.807) is 0 Å². The molecule has 0 aliphatic carbocycles. The molecule has 0 atom stereocenters. The van der Waals surface area contributed by atoms with Gasteiger partial charge in [-0.05, 0) is 38.1 Å². The fraction of sp³-hybridized carbons (Fsp3) is 0.625. The van der Waals surface area contributed by atoms with Gasteiger partial charge in [0.1, 0.15) is 0 Å². The Morgan fingerprint density at radius 3 is 2.05 bits per heavy atom. The van der Waals surface area contributed by atoms with Crippen LogP contribution in [0.1, 0.15) is 12.8 Å². The largest absolute Gasteiger partial charge is 0.368 e. The minimum Gasteiger partial charge on any atom is -0.368 e. The summed E-state index contributed by atoms with van der Waals surface area (Å²) in [5.41, 5.74) is 1.19. The summed E-state index contributed by atoms with van der Waals surface area (Å²) in [6.07, 6.45) is 2.78. The molecule has 1 aromatic rings. The lowest BCUT2D eigenvalue weighted by molar-refractivity contribution is 0.215. The lowest BCUT2D eigenvalue weighted by Gasteiger charge is -2.37. The molecule has 0 radical (unpaired) electrons. The number of anilines is 1. The fourth-order valence-corrected chi connectivity index (χ4v) is 3.46. The van der Waals surface area contributed by atoms with E-state index >= 15 is 0 Å². The third-order valence-corrected chi connectivity index (χ3v) is 4.82. The third kappa shape index (κ3) is 3.46. The van der Waals surface area contributed by atoms with Crippen LogP contribution >= 0.6 is 11.6 Å². The highest BCUT2D eigenvalue weighted by Crippen LogP contribution is 2.25. The average Bonchev–Trinajstić information content (AvgIpc) is 3.00. The van der Waals surface area contributed by atoms with Gasteiger partial charge in [-0.1, -0.05) is 23.7 Å². The van der Waals surface area contributed by atoms with Crippen molar-refractivity contribution in [2.75, 3.05) is 57.3 Å². The Bertz CT molecular complexity index is 423. The third-order valence-electron chi connectivity index (χ3n) is 4.50. The normalized spacial score (nSPS) is 21.6. The molecule has 0 bridgehead atoms. The Morgan fingerprint density at radius 2 is 1.40 bits per heavy atom. The van der Waals surface area contributed by atoms with Crippen molar-refractivity contribution < 1.29 is 0 Å². The minimum absolute atomic E-state index is 0.873. The van der Waals surface area contributed by atoms with E-state index in [1.165, 1.54) is 44.7 Å². The number of halogens is 1. The standard InChI is InChI=1S/C16H24ClN3/c17-15-5-1-2-6-16(15)20-13-11-19(12-14-20)10-9-18-7-3-4-8-18/h1-2,5-6H,3-4,7-14H2. The van der Waals surface area contributed by atoms with Gasteiger partial charge in [0.05, 0.1) is 10.7 Å². The van der Waals surface area contributed by atoms with Crippen LogP contribution in [-0.4, -0.2) is 62.2 Å². The van der Waals surface area contributed by atoms with Crippen LogP contribution in [0.5, 0.6) is 0 Å². The number of benzene rings is 1. The van der Waals surface area contributed by atoms with Crippen molar-refractivity contribution in [3.8, 4) is 0 Å². The maximum Gasteiger partial charge on any atom is 0.0639 e. The van der Waals surface area contributed by atoms with Crippen LogP contribution in [0.2, 0.25) is 5.02 Å². The van der Waals surface area contributed by atoms with E-state index in [0.29, 0.717) is 0 Å². The summed E-state index contributed by atoms with van der Waals surface area (Å²) in [4.78, 5) is 7.60. The van der Waals surface area contributed by atoms with Gasteiger partial charge in [0.2, 0.25) is 0 Å². The molecule has 2 heterocycles. The van der Waals surface area contributed by atoms with E-state index in [4.69, 9.17) is 11.6 Å². The molecule has 4 heteroatoms. The van der Waals surface area contributed by atoms with Gasteiger partial charge >= 0.3 is 0 Å². The predicted octanol–water partition coefficient (Wildman–Crippen LogP) is 2.56. The molecule has 3 nitrogen and oxygen atoms in total. The molecule has 0 aromatic heterocycles. The number of para-hydroxylation sites is 1. The molecule has 110 valence electrons. The molecule has 2 fully saturated rings. The summed E-state index contributed by atoms with van der Waals surface area (Å²) in [7, 11) is 0. The highest BCUT2D eigenvalue weighted by Gasteiger charge is 2.19. The Hall–Kier alpha value is -0.770. The predicted molar refractivity (Wildman–Crippen MR) is 85.8 cm³/mol. The summed E-state index contributed by atoms with van der Waals surface area (Å²) in [5.74, 6) is 0. The number of nitrogens with zero attached hydrogens (tertiary/aromatic N) is 3. The van der Waals surface area contributed by atoms with Gasteiger partial charge < -0.3 is 9.80 Å². The maximum absolute atomic E-state index is 6.28. The average molecular weight is 294 g/mol. The molecule has 1 aromatic carbocycles. The first-order chi connectivity index (χ1) is 9.83. The van der Waals surface area contributed by atoms with Gasteiger partial charge in [-0.25, -0.2) is 0 Å². The van der Waals surface area contributed by atoms with Gasteiger partial charge in [0, 0.05) is 39.3 Å². The van der Waals surface area contributed by atoms with Gasteiger partial charge in [0.25, 0.3) is 0 Å². The van der Waals surface area contributed by atoms with Gasteiger partial charge in [0.15, 0.2) is 0 Å². The van der Waals surface area contributed by atoms with Crippen molar-refractivity contribution >= 4 is 17.3 Å². The highest BCUT2D eigenvalue weighted by molar-refractivity contribution is 6.33. The summed E-state index contributed by atoms with van der Waals surface area (Å²) in [5, 5.41) is 0.873. The molecule has 3 rings (SSSR count). The lowest BCUT2D eigenvalue weighted by atomic mass is 10.2. The summed E-state index contributed by atoms with van der Waals surface area (Å²) >= 11 is 6.28. The van der Waals surface area contributed by atoms with Crippen LogP contribution < -0.4 is 4.90 Å². The van der Waals surface area contributed by atoms with Crippen LogP contribution in [0.25, 0.3) is 0 Å². The monoisotopic (exact) mass is 293 g/mol. The van der Waals surface area contributed by atoms with Crippen LogP contribution in [0.3, 0.4) is 0 Å². The highest BCUT2D eigenvalue weighted by atomic mass is 35.5. The zero-order valence-electron chi connectivity index (χ0n) is 12.1. The number of rotatable bonds is 4. The molecule has 0 saturated carbocycles. The maximum atomic E-state index is 6.28. The van der Waals surface area contributed by atoms with Crippen molar-refractivity contribution in [3.63, 3.8) is 0 Å². The number of piperazine rings is 1. The van der Waals surface area contributed by atoms with Gasteiger partial charge in [-0.15, -0.1) is 0 Å². The molecule has 0 spiro atoms. The Kier molecular flexibility index (Phi) is 4.81. The Morgan fingerprint density at radius 1 is 0.800 bits per heavy atom. The second-order valence-electron chi connectivity index (χ2n) is 5.83. The second-order valence-corrected chi connectivity index (χ2v) is 6.24. The smallest absolute Gasteiger partial charge is 0.0639 e. The zero-order chi connectivity index (χ0) is 13.8. The number of hydrogen-bond donors (Lipinski definition) is 0. The van der Waals surface area contributed by atoms with E-state index in [-0.39, 0.29) is 0 Å². The first kappa shape index (κ1) is 14.2. The summed E-state index contributed by atoms with van der Waals surface area (Å²) in [6.45, 7) is 9.55. The van der Waals surface area contributed by atoms with Crippen molar-refractivity contribution in [1.29, 1.82) is 0 Å². The molecular weight excluding hydrogens is 270 g/mol. The Balaban J connectivity index is 1.46. The van der Waals surface area contributed by atoms with Crippen molar-refractivity contribution in [2.45, 2.75) is 12.8 Å². The first-order valence-electron chi connectivity index (χ1n) is 7.77. The SMILES string of the molecule is Clc1ccccc1N1CCN(CCN2CCCC2)CC1. The van der Waals surface area contributed by atoms with E-state index in [1.807, 2.05) is 12.1 Å². The molecule has 2 aliphatic rings. The van der Waals surface area contributed by atoms with Crippen LogP contribution in [0.15, 0.2) is 24.3 Å². The molecular formula is C16H24ClN3. The number of hydrogen-bond acceptors (Lipinski definition) is 3. The topological polar surface area (TPSA) is 9.72 Å². The molecule has 20 heavy (non-hydrogen) atoms. The molecule has 0 amide bonds. The van der Waals surface area contributed by atoms with Crippen LogP contribution in [-0.2, 0) is 0 Å². The lowest BCUT2D eigenvalue weighted by Crippen LogP contribution is -2.48. The van der Waals surface area contributed by atoms with Crippen molar-refractivity contribution in [1.82, 2.24) is 9.80 Å². The second kappa shape index (κ2) is 6.79. The van der Waals surface area contributed by atoms with Gasteiger partial charge in [-0.2, -0.15) is 0 Å². The van der Waals surface area contributed by atoms with E-state index < -0.39 is 0 Å². The zero-order valence-corrected chi connectivity index (χ0v) is 12.9. The van der Waals surface area contributed by atoms with E-state index in [9.17, 15) is 0 Å². The van der Waals surface area contributed by atoms with E-state index in [2.05, 4.69) is 26.8 Å². The first-order valence-corrected chi connectivity index (χ1v) is 8.15. The molecule has 0 unspecified atom stereocenters. The quantitative estimate of drug-likeness (QED) is 0.845. The van der Waals surface area contributed by atoms with E-state index in [0.717, 1.165) is 31.2 Å². The van der Waals surface area contributed by atoms with Gasteiger partial charge in [-0.3, -0.25) is 4.90 Å². The summed E-state index contributed by atoms with van der Waals surface area (Å²) in [6, 6.07) is 8.18. The molecule has 0 N–H and O–H groups in total. The number of likely N-dealkylation sites (tertiary alicyclic amines) is 1. The fourth-order valence-electron chi connectivity index (χ4n) is 3.21. The Labute approximate surface area is 127 Å². The van der Waals surface area contributed by atoms with Crippen molar-refractivity contribution in [2.24, 2.45) is 0 Å². The molecule has 2 aliphatic heterocycles. The molecule has 2 saturated heterocycles. The van der Waals surface area contributed by atoms with Crippen molar-refractivity contribution in [3.05, 3.63) is 29.3 Å². The minimum atomic E-state index is 0.873. The van der Waals surface area contributed by atoms with Crippen LogP contribution in [0.4, 0.5) is 5.69 Å².